The summed E-state index contributed by atoms with van der Waals surface area (Å²) in [5.41, 5.74) is 3.58. The number of aromatic nitrogens is 4. The molecule has 4 rings (SSSR count). The molecule has 3 heterocycles. The van der Waals surface area contributed by atoms with Crippen molar-refractivity contribution in [3.63, 3.8) is 0 Å². The van der Waals surface area contributed by atoms with Crippen LogP contribution in [-0.2, 0) is 0 Å². The van der Waals surface area contributed by atoms with Crippen molar-refractivity contribution in [3.05, 3.63) is 34.7 Å². The van der Waals surface area contributed by atoms with Crippen molar-refractivity contribution in [3.8, 4) is 11.4 Å². The number of nitrogens with zero attached hydrogens (tertiary/aromatic N) is 4. The van der Waals surface area contributed by atoms with Crippen LogP contribution in [0.1, 0.15) is 18.5 Å². The van der Waals surface area contributed by atoms with E-state index in [0.717, 1.165) is 47.3 Å². The SMILES string of the molecule is COc1ccc(-n2c(=S)[nH]c3c(C)nc(N4CCCC4)nc32)cc1. The molecular weight excluding hydrogens is 322 g/mol. The summed E-state index contributed by atoms with van der Waals surface area (Å²) in [5.74, 6) is 1.60. The van der Waals surface area contributed by atoms with Gasteiger partial charge in [0.05, 0.1) is 18.5 Å². The molecule has 0 saturated carbocycles. The van der Waals surface area contributed by atoms with Gasteiger partial charge in [0.1, 0.15) is 11.3 Å². The number of rotatable bonds is 3. The van der Waals surface area contributed by atoms with E-state index in [9.17, 15) is 0 Å². The van der Waals surface area contributed by atoms with Gasteiger partial charge in [0.15, 0.2) is 10.4 Å². The van der Waals surface area contributed by atoms with E-state index >= 15 is 0 Å². The lowest BCUT2D eigenvalue weighted by atomic mass is 10.3. The normalized spacial score (nSPS) is 14.5. The zero-order valence-electron chi connectivity index (χ0n) is 13.7. The maximum absolute atomic E-state index is 5.53. The number of methoxy groups -OCH3 is 1. The van der Waals surface area contributed by atoms with Crippen LogP contribution < -0.4 is 9.64 Å². The van der Waals surface area contributed by atoms with Gasteiger partial charge in [0, 0.05) is 13.1 Å². The van der Waals surface area contributed by atoms with E-state index in [4.69, 9.17) is 21.9 Å². The molecule has 6 nitrogen and oxygen atoms in total. The first kappa shape index (κ1) is 15.1. The van der Waals surface area contributed by atoms with Gasteiger partial charge >= 0.3 is 0 Å². The van der Waals surface area contributed by atoms with Crippen LogP contribution in [0.15, 0.2) is 24.3 Å². The average Bonchev–Trinajstić information content (AvgIpc) is 3.23. The van der Waals surface area contributed by atoms with E-state index in [-0.39, 0.29) is 0 Å². The van der Waals surface area contributed by atoms with Gasteiger partial charge in [-0.25, -0.2) is 4.98 Å². The number of fused-ring (bicyclic) bond motifs is 1. The Labute approximate surface area is 145 Å². The zero-order chi connectivity index (χ0) is 16.7. The maximum Gasteiger partial charge on any atom is 0.227 e. The number of nitrogens with one attached hydrogen (secondary N) is 1. The molecule has 1 aliphatic rings. The fraction of sp³-hybridized carbons (Fsp3) is 0.353. The highest BCUT2D eigenvalue weighted by molar-refractivity contribution is 7.71. The Morgan fingerprint density at radius 2 is 1.83 bits per heavy atom. The summed E-state index contributed by atoms with van der Waals surface area (Å²) in [6, 6.07) is 7.81. The third-order valence-corrected chi connectivity index (χ3v) is 4.71. The largest absolute Gasteiger partial charge is 0.497 e. The number of benzene rings is 1. The highest BCUT2D eigenvalue weighted by Gasteiger charge is 2.19. The van der Waals surface area contributed by atoms with Crippen LogP contribution in [0.25, 0.3) is 16.9 Å². The van der Waals surface area contributed by atoms with Crippen LogP contribution >= 0.6 is 12.2 Å². The minimum atomic E-state index is 0.617. The highest BCUT2D eigenvalue weighted by Crippen LogP contribution is 2.25. The number of aromatic amines is 1. The van der Waals surface area contributed by atoms with Gasteiger partial charge in [-0.3, -0.25) is 4.57 Å². The number of anilines is 1. The van der Waals surface area contributed by atoms with Crippen molar-refractivity contribution in [2.45, 2.75) is 19.8 Å². The smallest absolute Gasteiger partial charge is 0.227 e. The Morgan fingerprint density at radius 1 is 1.12 bits per heavy atom. The maximum atomic E-state index is 5.53. The van der Waals surface area contributed by atoms with E-state index in [2.05, 4.69) is 14.9 Å². The summed E-state index contributed by atoms with van der Waals surface area (Å²) in [6.45, 7) is 4.02. The Kier molecular flexibility index (Phi) is 3.72. The van der Waals surface area contributed by atoms with Crippen LogP contribution in [0.2, 0.25) is 0 Å². The van der Waals surface area contributed by atoms with Crippen LogP contribution in [0.3, 0.4) is 0 Å². The van der Waals surface area contributed by atoms with E-state index in [1.165, 1.54) is 12.8 Å². The summed E-state index contributed by atoms with van der Waals surface area (Å²) in [4.78, 5) is 14.9. The third kappa shape index (κ3) is 2.45. The molecule has 1 saturated heterocycles. The molecule has 1 aliphatic heterocycles. The molecule has 0 spiro atoms. The van der Waals surface area contributed by atoms with E-state index in [1.807, 2.05) is 35.8 Å². The predicted molar refractivity (Wildman–Crippen MR) is 96.8 cm³/mol. The fourth-order valence-corrected chi connectivity index (χ4v) is 3.43. The monoisotopic (exact) mass is 341 g/mol. The number of hydrogen-bond acceptors (Lipinski definition) is 5. The molecule has 0 radical (unpaired) electrons. The molecule has 0 atom stereocenters. The zero-order valence-corrected chi connectivity index (χ0v) is 14.6. The Hall–Kier alpha value is -2.41. The molecule has 0 amide bonds. The fourth-order valence-electron chi connectivity index (χ4n) is 3.14. The number of hydrogen-bond donors (Lipinski definition) is 1. The molecular formula is C17H19N5OS. The van der Waals surface area contributed by atoms with E-state index in [1.54, 1.807) is 7.11 Å². The quantitative estimate of drug-likeness (QED) is 0.740. The molecule has 24 heavy (non-hydrogen) atoms. The Bertz CT molecular complexity index is 938. The lowest BCUT2D eigenvalue weighted by Gasteiger charge is -2.16. The van der Waals surface area contributed by atoms with E-state index < -0.39 is 0 Å². The van der Waals surface area contributed by atoms with Gasteiger partial charge in [-0.1, -0.05) is 0 Å². The van der Waals surface area contributed by atoms with Gasteiger partial charge in [-0.15, -0.1) is 0 Å². The average molecular weight is 341 g/mol. The first-order chi connectivity index (χ1) is 11.7. The topological polar surface area (TPSA) is 59.0 Å². The minimum Gasteiger partial charge on any atom is -0.497 e. The molecule has 0 unspecified atom stereocenters. The Morgan fingerprint density at radius 3 is 2.50 bits per heavy atom. The number of aryl methyl sites for hydroxylation is 1. The van der Waals surface area contributed by atoms with Crippen LogP contribution in [0.4, 0.5) is 5.95 Å². The number of H-pyrrole nitrogens is 1. The standard InChI is InChI=1S/C17H19N5OS/c1-11-14-15(20-16(18-11)21-9-3-4-10-21)22(17(24)19-14)12-5-7-13(23-2)8-6-12/h5-8H,3-4,9-10H2,1-2H3,(H,19,24). The first-order valence-corrected chi connectivity index (χ1v) is 8.47. The second kappa shape index (κ2) is 5.90. The predicted octanol–water partition coefficient (Wildman–Crippen LogP) is 3.40. The summed E-state index contributed by atoms with van der Waals surface area (Å²) < 4.78 is 7.81. The van der Waals surface area contributed by atoms with Crippen LogP contribution in [-0.4, -0.2) is 39.7 Å². The molecule has 0 aliphatic carbocycles. The molecule has 1 aromatic carbocycles. The van der Waals surface area contributed by atoms with Gasteiger partial charge in [-0.2, -0.15) is 4.98 Å². The summed E-state index contributed by atoms with van der Waals surface area (Å²) >= 11 is 5.53. The first-order valence-electron chi connectivity index (χ1n) is 8.06. The number of ether oxygens (including phenoxy) is 1. The van der Waals surface area contributed by atoms with Gasteiger partial charge < -0.3 is 14.6 Å². The molecule has 2 aromatic heterocycles. The lowest BCUT2D eigenvalue weighted by Crippen LogP contribution is -2.21. The van der Waals surface area contributed by atoms with Crippen LogP contribution in [0.5, 0.6) is 5.75 Å². The summed E-state index contributed by atoms with van der Waals surface area (Å²) in [7, 11) is 1.66. The molecule has 1 fully saturated rings. The summed E-state index contributed by atoms with van der Waals surface area (Å²) in [5, 5.41) is 0. The Balaban J connectivity index is 1.90. The van der Waals surface area contributed by atoms with Crippen LogP contribution in [0, 0.1) is 11.7 Å². The van der Waals surface area contributed by atoms with E-state index in [0.29, 0.717) is 4.77 Å². The summed E-state index contributed by atoms with van der Waals surface area (Å²) in [6.07, 6.45) is 2.39. The van der Waals surface area contributed by atoms with Crippen molar-refractivity contribution in [1.29, 1.82) is 0 Å². The van der Waals surface area contributed by atoms with Gasteiger partial charge in [-0.05, 0) is 56.2 Å². The third-order valence-electron chi connectivity index (χ3n) is 4.43. The second-order valence-corrected chi connectivity index (χ2v) is 6.35. The lowest BCUT2D eigenvalue weighted by molar-refractivity contribution is 0.415. The van der Waals surface area contributed by atoms with Crippen molar-refractivity contribution >= 4 is 29.3 Å². The van der Waals surface area contributed by atoms with Crippen molar-refractivity contribution in [1.82, 2.24) is 19.5 Å². The molecule has 0 bridgehead atoms. The van der Waals surface area contributed by atoms with Crippen molar-refractivity contribution < 1.29 is 4.74 Å². The minimum absolute atomic E-state index is 0.617. The van der Waals surface area contributed by atoms with Crippen molar-refractivity contribution in [2.75, 3.05) is 25.1 Å². The van der Waals surface area contributed by atoms with Gasteiger partial charge in [0.2, 0.25) is 5.95 Å². The molecule has 1 N–H and O–H groups in total. The molecule has 7 heteroatoms. The second-order valence-electron chi connectivity index (χ2n) is 5.97. The highest BCUT2D eigenvalue weighted by atomic mass is 32.1. The van der Waals surface area contributed by atoms with Gasteiger partial charge in [0.25, 0.3) is 0 Å². The molecule has 124 valence electrons. The number of imidazole rings is 1. The molecule has 3 aromatic rings. The van der Waals surface area contributed by atoms with Crippen molar-refractivity contribution in [2.24, 2.45) is 0 Å².